The van der Waals surface area contributed by atoms with Crippen LogP contribution in [0.15, 0.2) is 18.2 Å². The lowest BCUT2D eigenvalue weighted by atomic mass is 9.89. The molecule has 1 aromatic carbocycles. The Morgan fingerprint density at radius 2 is 1.88 bits per heavy atom. The number of hydrogen-bond acceptors (Lipinski definition) is 1. The minimum Gasteiger partial charge on any atom is -0.324 e. The summed E-state index contributed by atoms with van der Waals surface area (Å²) in [6.07, 6.45) is -3.99. The van der Waals surface area contributed by atoms with Crippen LogP contribution in [-0.2, 0) is 6.18 Å². The largest absolute Gasteiger partial charge is 0.416 e. The van der Waals surface area contributed by atoms with Gasteiger partial charge < -0.3 is 5.73 Å². The van der Waals surface area contributed by atoms with Crippen LogP contribution in [0.4, 0.5) is 17.6 Å². The number of halogens is 4. The fourth-order valence-electron chi connectivity index (χ4n) is 1.66. The van der Waals surface area contributed by atoms with Gasteiger partial charge in [-0.25, -0.2) is 4.39 Å². The molecule has 0 fully saturated rings. The van der Waals surface area contributed by atoms with Crippen molar-refractivity contribution in [3.8, 4) is 0 Å². The van der Waals surface area contributed by atoms with E-state index in [4.69, 9.17) is 5.73 Å². The molecular formula is C12H15F4N. The molecule has 1 nitrogen and oxygen atoms in total. The first-order valence-corrected chi connectivity index (χ1v) is 5.40. The maximum absolute atomic E-state index is 13.5. The Hall–Kier alpha value is -1.10. The number of benzene rings is 1. The topological polar surface area (TPSA) is 26.0 Å². The summed E-state index contributed by atoms with van der Waals surface area (Å²) >= 11 is 0. The maximum atomic E-state index is 13.5. The lowest BCUT2D eigenvalue weighted by Crippen LogP contribution is -2.24. The van der Waals surface area contributed by atoms with Gasteiger partial charge in [-0.15, -0.1) is 0 Å². The Morgan fingerprint density at radius 3 is 2.35 bits per heavy atom. The molecule has 2 atom stereocenters. The van der Waals surface area contributed by atoms with Crippen LogP contribution < -0.4 is 5.73 Å². The molecule has 1 aromatic rings. The molecule has 0 radical (unpaired) electrons. The summed E-state index contributed by atoms with van der Waals surface area (Å²) in [5.41, 5.74) is 4.29. The van der Waals surface area contributed by atoms with Gasteiger partial charge >= 0.3 is 6.18 Å². The van der Waals surface area contributed by atoms with E-state index < -0.39 is 29.2 Å². The zero-order valence-corrected chi connectivity index (χ0v) is 9.68. The molecule has 0 aliphatic heterocycles. The average Bonchev–Trinajstić information content (AvgIpc) is 2.25. The highest BCUT2D eigenvalue weighted by molar-refractivity contribution is 5.34. The molecule has 0 saturated heterocycles. The lowest BCUT2D eigenvalue weighted by molar-refractivity contribution is -0.138. The van der Waals surface area contributed by atoms with Crippen LogP contribution in [-0.4, -0.2) is 0 Å². The monoisotopic (exact) mass is 249 g/mol. The third-order valence-electron chi connectivity index (χ3n) is 2.95. The van der Waals surface area contributed by atoms with Crippen molar-refractivity contribution < 1.29 is 17.6 Å². The molecule has 1 rings (SSSR count). The smallest absolute Gasteiger partial charge is 0.324 e. The average molecular weight is 249 g/mol. The fourth-order valence-corrected chi connectivity index (χ4v) is 1.66. The normalized spacial score (nSPS) is 15.7. The Kier molecular flexibility index (Phi) is 4.14. The molecule has 0 spiro atoms. The van der Waals surface area contributed by atoms with Gasteiger partial charge in [-0.05, 0) is 18.1 Å². The number of alkyl halides is 3. The van der Waals surface area contributed by atoms with Crippen molar-refractivity contribution in [2.75, 3.05) is 0 Å². The zero-order chi connectivity index (χ0) is 13.2. The Bertz CT molecular complexity index is 387. The predicted octanol–water partition coefficient (Wildman–Crippen LogP) is 3.89. The highest BCUT2D eigenvalue weighted by Gasteiger charge is 2.36. The highest BCUT2D eigenvalue weighted by Crippen LogP contribution is 2.37. The highest BCUT2D eigenvalue weighted by atomic mass is 19.4. The summed E-state index contributed by atoms with van der Waals surface area (Å²) in [7, 11) is 0. The molecular weight excluding hydrogens is 234 g/mol. The van der Waals surface area contributed by atoms with E-state index in [0.717, 1.165) is 18.2 Å². The van der Waals surface area contributed by atoms with Crippen LogP contribution in [0.3, 0.4) is 0 Å². The summed E-state index contributed by atoms with van der Waals surface area (Å²) < 4.78 is 51.7. The molecule has 0 saturated carbocycles. The van der Waals surface area contributed by atoms with Crippen molar-refractivity contribution in [3.63, 3.8) is 0 Å². The number of nitrogens with two attached hydrogens (primary N) is 1. The van der Waals surface area contributed by atoms with Gasteiger partial charge in [0.05, 0.1) is 5.56 Å². The minimum absolute atomic E-state index is 0.215. The van der Waals surface area contributed by atoms with Crippen LogP contribution in [0, 0.1) is 11.7 Å². The van der Waals surface area contributed by atoms with Gasteiger partial charge in [0.2, 0.25) is 0 Å². The predicted molar refractivity (Wildman–Crippen MR) is 57.8 cm³/mol. The van der Waals surface area contributed by atoms with Crippen molar-refractivity contribution in [1.82, 2.24) is 0 Å². The van der Waals surface area contributed by atoms with Crippen LogP contribution in [0.5, 0.6) is 0 Å². The second kappa shape index (κ2) is 5.04. The number of hydrogen-bond donors (Lipinski definition) is 1. The van der Waals surface area contributed by atoms with Gasteiger partial charge in [-0.1, -0.05) is 26.3 Å². The molecule has 2 N–H and O–H groups in total. The third kappa shape index (κ3) is 2.97. The SMILES string of the molecule is CCC(C)[C@@H](N)c1c(F)cccc1C(F)(F)F. The van der Waals surface area contributed by atoms with E-state index >= 15 is 0 Å². The molecule has 96 valence electrons. The van der Waals surface area contributed by atoms with Crippen LogP contribution in [0.25, 0.3) is 0 Å². The van der Waals surface area contributed by atoms with Crippen molar-refractivity contribution in [1.29, 1.82) is 0 Å². The molecule has 0 aliphatic carbocycles. The van der Waals surface area contributed by atoms with Gasteiger partial charge in [-0.2, -0.15) is 13.2 Å². The van der Waals surface area contributed by atoms with E-state index in [1.807, 2.05) is 0 Å². The minimum atomic E-state index is -4.58. The van der Waals surface area contributed by atoms with E-state index in [1.165, 1.54) is 0 Å². The fraction of sp³-hybridized carbons (Fsp3) is 0.500. The van der Waals surface area contributed by atoms with E-state index in [9.17, 15) is 17.6 Å². The van der Waals surface area contributed by atoms with Crippen molar-refractivity contribution >= 4 is 0 Å². The molecule has 0 heterocycles. The maximum Gasteiger partial charge on any atom is 0.416 e. The van der Waals surface area contributed by atoms with E-state index in [2.05, 4.69) is 0 Å². The molecule has 0 bridgehead atoms. The summed E-state index contributed by atoms with van der Waals surface area (Å²) in [4.78, 5) is 0. The standard InChI is InChI=1S/C12H15F4N/c1-3-7(2)11(17)10-8(12(14,15)16)5-4-6-9(10)13/h4-7,11H,3,17H2,1-2H3/t7?,11-/m1/s1. The second-order valence-electron chi connectivity index (χ2n) is 4.11. The Labute approximate surface area is 97.6 Å². The summed E-state index contributed by atoms with van der Waals surface area (Å²) in [5.74, 6) is -1.11. The Morgan fingerprint density at radius 1 is 1.29 bits per heavy atom. The second-order valence-corrected chi connectivity index (χ2v) is 4.11. The van der Waals surface area contributed by atoms with E-state index in [1.54, 1.807) is 13.8 Å². The lowest BCUT2D eigenvalue weighted by Gasteiger charge is -2.23. The number of rotatable bonds is 3. The first-order valence-electron chi connectivity index (χ1n) is 5.40. The molecule has 1 unspecified atom stereocenters. The van der Waals surface area contributed by atoms with Gasteiger partial charge in [-0.3, -0.25) is 0 Å². The van der Waals surface area contributed by atoms with Crippen LogP contribution in [0.2, 0.25) is 0 Å². The zero-order valence-electron chi connectivity index (χ0n) is 9.68. The van der Waals surface area contributed by atoms with Gasteiger partial charge in [0.1, 0.15) is 5.82 Å². The third-order valence-corrected chi connectivity index (χ3v) is 2.95. The Balaban J connectivity index is 3.30. The summed E-state index contributed by atoms with van der Waals surface area (Å²) in [6.45, 7) is 3.51. The van der Waals surface area contributed by atoms with Crippen LogP contribution in [0.1, 0.15) is 37.4 Å². The van der Waals surface area contributed by atoms with E-state index in [0.29, 0.717) is 6.42 Å². The summed E-state index contributed by atoms with van der Waals surface area (Å²) in [6, 6.07) is 1.97. The quantitative estimate of drug-likeness (QED) is 0.808. The first-order chi connectivity index (χ1) is 7.79. The van der Waals surface area contributed by atoms with Crippen molar-refractivity contribution in [3.05, 3.63) is 35.1 Å². The van der Waals surface area contributed by atoms with Crippen molar-refractivity contribution in [2.24, 2.45) is 11.7 Å². The molecule has 0 aromatic heterocycles. The van der Waals surface area contributed by atoms with Crippen LogP contribution >= 0.6 is 0 Å². The van der Waals surface area contributed by atoms with Gasteiger partial charge in [0, 0.05) is 11.6 Å². The first kappa shape index (κ1) is 14.0. The summed E-state index contributed by atoms with van der Waals surface area (Å²) in [5, 5.41) is 0. The van der Waals surface area contributed by atoms with Gasteiger partial charge in [0.25, 0.3) is 0 Å². The van der Waals surface area contributed by atoms with Gasteiger partial charge in [0.15, 0.2) is 0 Å². The molecule has 0 amide bonds. The molecule has 0 aliphatic rings. The van der Waals surface area contributed by atoms with Crippen molar-refractivity contribution in [2.45, 2.75) is 32.5 Å². The van der Waals surface area contributed by atoms with E-state index in [-0.39, 0.29) is 5.92 Å². The molecule has 17 heavy (non-hydrogen) atoms. The molecule has 5 heteroatoms.